The Morgan fingerprint density at radius 3 is 2.15 bits per heavy atom. The highest BCUT2D eigenvalue weighted by molar-refractivity contribution is 6.74. The molecule has 5 nitrogen and oxygen atoms in total. The van der Waals surface area contributed by atoms with E-state index in [0.29, 0.717) is 18.9 Å². The van der Waals surface area contributed by atoms with Crippen molar-refractivity contribution in [3.05, 3.63) is 60.3 Å². The Bertz CT molecular complexity index is 1280. The fraction of sp³-hybridized carbons (Fsp3) is 0.745. The highest BCUT2D eigenvalue weighted by Gasteiger charge is 2.40. The van der Waals surface area contributed by atoms with Crippen molar-refractivity contribution in [2.75, 3.05) is 6.61 Å². The zero-order valence-electron chi connectivity index (χ0n) is 37.8. The minimum atomic E-state index is -2.07. The maximum absolute atomic E-state index is 7.46. The molecule has 2 aliphatic rings. The van der Waals surface area contributed by atoms with Gasteiger partial charge in [-0.25, -0.2) is 0 Å². The van der Waals surface area contributed by atoms with Crippen LogP contribution in [0.4, 0.5) is 0 Å². The van der Waals surface area contributed by atoms with Gasteiger partial charge in [0.15, 0.2) is 25.0 Å². The van der Waals surface area contributed by atoms with Crippen LogP contribution in [-0.4, -0.2) is 68.2 Å². The number of terminal acetylenes is 1. The zero-order chi connectivity index (χ0) is 41.3. The summed E-state index contributed by atoms with van der Waals surface area (Å²) in [6.45, 7) is 35.5. The molecule has 0 spiro atoms. The third kappa shape index (κ3) is 16.5. The van der Waals surface area contributed by atoms with Crippen molar-refractivity contribution >= 4 is 25.0 Å². The van der Waals surface area contributed by atoms with Crippen LogP contribution in [0.2, 0.25) is 54.4 Å². The lowest BCUT2D eigenvalue weighted by atomic mass is 9.91. The quantitative estimate of drug-likeness (QED) is 0.0522. The number of hydrogen-bond donors (Lipinski definition) is 0. The number of hydrogen-bond acceptors (Lipinski definition) is 5. The van der Waals surface area contributed by atoms with E-state index in [2.05, 4.69) is 144 Å². The Labute approximate surface area is 343 Å². The van der Waals surface area contributed by atoms with E-state index in [4.69, 9.17) is 29.2 Å². The second-order valence-electron chi connectivity index (χ2n) is 18.2. The van der Waals surface area contributed by atoms with Crippen LogP contribution in [0.5, 0.6) is 0 Å². The highest BCUT2D eigenvalue weighted by atomic mass is 28.4. The molecule has 0 N–H and O–H groups in total. The Morgan fingerprint density at radius 2 is 1.58 bits per heavy atom. The first-order valence-electron chi connectivity index (χ1n) is 22.0. The van der Waals surface area contributed by atoms with Crippen molar-refractivity contribution in [3.63, 3.8) is 0 Å². The highest BCUT2D eigenvalue weighted by Crippen LogP contribution is 2.39. The summed E-state index contributed by atoms with van der Waals surface area (Å²) in [6.07, 6.45) is 27.5. The van der Waals surface area contributed by atoms with Gasteiger partial charge in [0.2, 0.25) is 0 Å². The van der Waals surface area contributed by atoms with Crippen molar-refractivity contribution in [3.8, 4) is 12.3 Å². The van der Waals surface area contributed by atoms with Crippen LogP contribution in [0.15, 0.2) is 60.3 Å². The van der Waals surface area contributed by atoms with Gasteiger partial charge in [-0.2, -0.15) is 0 Å². The lowest BCUT2D eigenvalue weighted by molar-refractivity contribution is -0.00332. The molecule has 0 unspecified atom stereocenters. The molecule has 0 aromatic carbocycles. The van der Waals surface area contributed by atoms with Gasteiger partial charge in [-0.3, -0.25) is 0 Å². The monoisotopic (exact) mass is 813 g/mol. The van der Waals surface area contributed by atoms with Crippen LogP contribution < -0.4 is 0 Å². The van der Waals surface area contributed by atoms with E-state index < -0.39 is 25.0 Å². The molecule has 7 atom stereocenters. The molecule has 8 heteroatoms. The second kappa shape index (κ2) is 24.0. The van der Waals surface area contributed by atoms with Crippen LogP contribution in [0.1, 0.15) is 121 Å². The van der Waals surface area contributed by atoms with E-state index in [1.807, 2.05) is 0 Å². The molecule has 2 rings (SSSR count). The molecule has 0 aromatic rings. The van der Waals surface area contributed by atoms with Gasteiger partial charge < -0.3 is 22.8 Å². The molecule has 2 aliphatic heterocycles. The summed E-state index contributed by atoms with van der Waals surface area (Å²) >= 11 is 0. The SMILES string of the molecule is C#CC[C@@H]1C=CC[C@@H](C[C@@H](C)CC(=C)C[C@@H](/C=C/C[C@H](O[Si](CC)(CC)CC)[C@H](/C=C/[C@@H]2CC(C)=CCO2)O[Si](CC)(CC)CC)O[Si](C)(C)C(C)(C)C)O1. The molecular formula is C47H84O5Si3. The first kappa shape index (κ1) is 49.9. The van der Waals surface area contributed by atoms with E-state index in [-0.39, 0.29) is 41.7 Å². The lowest BCUT2D eigenvalue weighted by Crippen LogP contribution is -2.48. The fourth-order valence-electron chi connectivity index (χ4n) is 7.80. The summed E-state index contributed by atoms with van der Waals surface area (Å²) in [7, 11) is -6.02. The Morgan fingerprint density at radius 1 is 0.964 bits per heavy atom. The smallest absolute Gasteiger partial charge is 0.193 e. The van der Waals surface area contributed by atoms with Crippen LogP contribution in [0.3, 0.4) is 0 Å². The van der Waals surface area contributed by atoms with Gasteiger partial charge in [0, 0.05) is 6.42 Å². The molecule has 0 saturated heterocycles. The topological polar surface area (TPSA) is 46.2 Å². The molecular weight excluding hydrogens is 729 g/mol. The van der Waals surface area contributed by atoms with Gasteiger partial charge in [-0.15, -0.1) is 12.3 Å². The third-order valence-electron chi connectivity index (χ3n) is 13.0. The zero-order valence-corrected chi connectivity index (χ0v) is 40.8. The van der Waals surface area contributed by atoms with Crippen molar-refractivity contribution in [1.82, 2.24) is 0 Å². The Hall–Kier alpha value is -1.29. The summed E-state index contributed by atoms with van der Waals surface area (Å²) in [5.41, 5.74) is 2.62. The maximum atomic E-state index is 7.46. The molecule has 0 saturated carbocycles. The average Bonchev–Trinajstić information content (AvgIpc) is 3.13. The Kier molecular flexibility index (Phi) is 21.7. The van der Waals surface area contributed by atoms with Crippen LogP contribution in [0.25, 0.3) is 0 Å². The van der Waals surface area contributed by atoms with Gasteiger partial charge in [0.05, 0.1) is 43.2 Å². The Balaban J connectivity index is 2.44. The third-order valence-corrected chi connectivity index (χ3v) is 26.8. The van der Waals surface area contributed by atoms with Gasteiger partial charge in [-0.05, 0) is 106 Å². The van der Waals surface area contributed by atoms with E-state index in [0.717, 1.165) is 74.8 Å². The lowest BCUT2D eigenvalue weighted by Gasteiger charge is -2.40. The molecule has 55 heavy (non-hydrogen) atoms. The molecule has 0 bridgehead atoms. The number of ether oxygens (including phenoxy) is 2. The van der Waals surface area contributed by atoms with E-state index in [1.54, 1.807) is 0 Å². The summed E-state index contributed by atoms with van der Waals surface area (Å²) < 4.78 is 34.5. The first-order chi connectivity index (χ1) is 25.9. The summed E-state index contributed by atoms with van der Waals surface area (Å²) in [4.78, 5) is 0. The fourth-order valence-corrected chi connectivity index (χ4v) is 14.8. The van der Waals surface area contributed by atoms with E-state index in [1.165, 1.54) is 11.1 Å². The van der Waals surface area contributed by atoms with Crippen molar-refractivity contribution in [2.24, 2.45) is 5.92 Å². The molecule has 2 heterocycles. The van der Waals surface area contributed by atoms with Gasteiger partial charge >= 0.3 is 0 Å². The standard InChI is InChI=1S/C47H84O5Si3/c1-16-25-41-26-23-27-43(49-41)36-39(9)34-40(10)37-44(50-53(14,15)47(11,12)13)28-24-29-45(51-54(17-2,18-3)19-4)46(52-55(20-5,21-6)22-7)31-30-42-35-38(8)32-33-48-42/h1,23-24,26,28,30-32,39,41-46H,10,17-22,25,27,29,33-37H2,2-9,11-15H3/b28-24+,31-30+/t39-,41+,42+,43-,44+,45-,46-/m0/s1. The molecule has 0 aromatic heterocycles. The predicted octanol–water partition coefficient (Wildman–Crippen LogP) is 13.5. The van der Waals surface area contributed by atoms with Gasteiger partial charge in [0.1, 0.15) is 0 Å². The molecule has 0 fully saturated rings. The van der Waals surface area contributed by atoms with Crippen molar-refractivity contribution in [2.45, 2.75) is 212 Å². The minimum Gasteiger partial charge on any atom is -0.411 e. The van der Waals surface area contributed by atoms with Gasteiger partial charge in [0.25, 0.3) is 0 Å². The minimum absolute atomic E-state index is 0.0337. The van der Waals surface area contributed by atoms with Gasteiger partial charge in [-0.1, -0.05) is 129 Å². The van der Waals surface area contributed by atoms with Crippen molar-refractivity contribution in [1.29, 1.82) is 0 Å². The molecule has 314 valence electrons. The van der Waals surface area contributed by atoms with E-state index in [9.17, 15) is 0 Å². The maximum Gasteiger partial charge on any atom is 0.193 e. The second-order valence-corrected chi connectivity index (χ2v) is 32.4. The first-order valence-corrected chi connectivity index (χ1v) is 30.0. The van der Waals surface area contributed by atoms with Crippen molar-refractivity contribution < 1.29 is 22.8 Å². The van der Waals surface area contributed by atoms with Crippen LogP contribution in [-0.2, 0) is 22.8 Å². The molecule has 0 radical (unpaired) electrons. The van der Waals surface area contributed by atoms with Crippen LogP contribution in [0, 0.1) is 18.3 Å². The largest absolute Gasteiger partial charge is 0.411 e. The normalized spacial score (nSPS) is 22.4. The summed E-state index contributed by atoms with van der Waals surface area (Å²) in [5, 5.41) is 0.0988. The predicted molar refractivity (Wildman–Crippen MR) is 245 cm³/mol. The summed E-state index contributed by atoms with van der Waals surface area (Å²) in [5.74, 6) is 3.21. The molecule has 0 amide bonds. The summed E-state index contributed by atoms with van der Waals surface area (Å²) in [6, 6.07) is 6.62. The van der Waals surface area contributed by atoms with E-state index >= 15 is 0 Å². The average molecular weight is 813 g/mol. The number of rotatable bonds is 25. The van der Waals surface area contributed by atoms with Crippen LogP contribution >= 0.6 is 0 Å². The molecule has 0 aliphatic carbocycles.